The van der Waals surface area contributed by atoms with Gasteiger partial charge in [-0.25, -0.2) is 0 Å². The normalized spacial score (nSPS) is 21.1. The van der Waals surface area contributed by atoms with Crippen molar-refractivity contribution in [2.75, 3.05) is 0 Å². The van der Waals surface area contributed by atoms with Crippen LogP contribution in [0.1, 0.15) is 33.1 Å². The van der Waals surface area contributed by atoms with E-state index in [-0.39, 0.29) is 11.5 Å². The van der Waals surface area contributed by atoms with Gasteiger partial charge in [0.05, 0.1) is 0 Å². The van der Waals surface area contributed by atoms with Gasteiger partial charge in [-0.15, -0.1) is 0 Å². The van der Waals surface area contributed by atoms with E-state index in [0.717, 1.165) is 0 Å². The average molecular weight is 214 g/mol. The van der Waals surface area contributed by atoms with Gasteiger partial charge >= 0.3 is 11.9 Å². The molecule has 0 aromatic carbocycles. The van der Waals surface area contributed by atoms with Crippen molar-refractivity contribution in [2.45, 2.75) is 39.2 Å². The molecule has 0 heterocycles. The fourth-order valence-electron chi connectivity index (χ4n) is 1.49. The standard InChI is InChI=1S/C10H14O5/c1-6(11)14-9-5-3-4-8(13)10(9)15-7(2)12/h9,13H,3-5H2,1-2H3. The molecule has 5 heteroatoms. The third-order valence-corrected chi connectivity index (χ3v) is 2.02. The number of ether oxygens (including phenoxy) is 2. The van der Waals surface area contributed by atoms with Crippen LogP contribution in [0, 0.1) is 0 Å². The number of aliphatic hydroxyl groups is 1. The van der Waals surface area contributed by atoms with E-state index in [1.807, 2.05) is 0 Å². The lowest BCUT2D eigenvalue weighted by molar-refractivity contribution is -0.151. The van der Waals surface area contributed by atoms with E-state index in [0.29, 0.717) is 19.3 Å². The van der Waals surface area contributed by atoms with Crippen LogP contribution >= 0.6 is 0 Å². The molecule has 15 heavy (non-hydrogen) atoms. The van der Waals surface area contributed by atoms with Crippen molar-refractivity contribution < 1.29 is 24.2 Å². The first-order valence-corrected chi connectivity index (χ1v) is 4.78. The molecule has 1 aliphatic carbocycles. The van der Waals surface area contributed by atoms with E-state index in [4.69, 9.17) is 9.47 Å². The van der Waals surface area contributed by atoms with Crippen LogP contribution in [0.25, 0.3) is 0 Å². The van der Waals surface area contributed by atoms with Gasteiger partial charge in [0.1, 0.15) is 5.76 Å². The van der Waals surface area contributed by atoms with Crippen LogP contribution in [-0.2, 0) is 19.1 Å². The molecule has 0 aromatic rings. The topological polar surface area (TPSA) is 72.8 Å². The highest BCUT2D eigenvalue weighted by Crippen LogP contribution is 2.26. The Morgan fingerprint density at radius 2 is 2.00 bits per heavy atom. The summed E-state index contributed by atoms with van der Waals surface area (Å²) in [4.78, 5) is 21.6. The van der Waals surface area contributed by atoms with Crippen molar-refractivity contribution in [3.05, 3.63) is 11.5 Å². The summed E-state index contributed by atoms with van der Waals surface area (Å²) in [7, 11) is 0. The van der Waals surface area contributed by atoms with Crippen LogP contribution < -0.4 is 0 Å². The molecule has 0 aromatic heterocycles. The first-order chi connectivity index (χ1) is 7.00. The minimum absolute atomic E-state index is 0.0114. The first-order valence-electron chi connectivity index (χ1n) is 4.78. The van der Waals surface area contributed by atoms with Gasteiger partial charge in [0.2, 0.25) is 0 Å². The monoisotopic (exact) mass is 214 g/mol. The van der Waals surface area contributed by atoms with Crippen LogP contribution in [0.3, 0.4) is 0 Å². The Bertz CT molecular complexity index is 305. The zero-order valence-electron chi connectivity index (χ0n) is 8.78. The Morgan fingerprint density at radius 3 is 2.53 bits per heavy atom. The number of allylic oxidation sites excluding steroid dienone is 1. The predicted molar refractivity (Wildman–Crippen MR) is 50.8 cm³/mol. The number of carbonyl (C=O) groups is 2. The molecule has 1 rings (SSSR count). The molecule has 1 atom stereocenters. The first kappa shape index (κ1) is 11.6. The molecule has 0 bridgehead atoms. The molecule has 0 spiro atoms. The number of hydrogen-bond donors (Lipinski definition) is 1. The van der Waals surface area contributed by atoms with Gasteiger partial charge in [-0.2, -0.15) is 0 Å². The molecule has 0 amide bonds. The lowest BCUT2D eigenvalue weighted by Gasteiger charge is -2.24. The lowest BCUT2D eigenvalue weighted by Crippen LogP contribution is -2.26. The molecule has 1 N–H and O–H groups in total. The summed E-state index contributed by atoms with van der Waals surface area (Å²) in [5.74, 6) is -0.929. The summed E-state index contributed by atoms with van der Waals surface area (Å²) in [6, 6.07) is 0. The van der Waals surface area contributed by atoms with Gasteiger partial charge in [-0.1, -0.05) is 0 Å². The quantitative estimate of drug-likeness (QED) is 0.704. The van der Waals surface area contributed by atoms with E-state index in [1.165, 1.54) is 13.8 Å². The van der Waals surface area contributed by atoms with Crippen molar-refractivity contribution in [3.63, 3.8) is 0 Å². The fraction of sp³-hybridized carbons (Fsp3) is 0.600. The number of aliphatic hydroxyl groups excluding tert-OH is 1. The van der Waals surface area contributed by atoms with Gasteiger partial charge < -0.3 is 14.6 Å². The number of hydrogen-bond acceptors (Lipinski definition) is 5. The van der Waals surface area contributed by atoms with Crippen LogP contribution in [0.4, 0.5) is 0 Å². The molecular formula is C10H14O5. The SMILES string of the molecule is CC(=O)OC1=C(O)CCCC1OC(C)=O. The van der Waals surface area contributed by atoms with Crippen molar-refractivity contribution in [3.8, 4) is 0 Å². The fourth-order valence-corrected chi connectivity index (χ4v) is 1.49. The Labute approximate surface area is 87.7 Å². The van der Waals surface area contributed by atoms with Crippen LogP contribution in [-0.4, -0.2) is 23.1 Å². The molecule has 0 aliphatic heterocycles. The minimum Gasteiger partial charge on any atom is -0.509 e. The van der Waals surface area contributed by atoms with Crippen LogP contribution in [0.2, 0.25) is 0 Å². The Hall–Kier alpha value is -1.52. The van der Waals surface area contributed by atoms with Crippen molar-refractivity contribution in [1.82, 2.24) is 0 Å². The molecule has 1 aliphatic rings. The summed E-state index contributed by atoms with van der Waals surface area (Å²) in [6.45, 7) is 2.51. The molecule has 0 radical (unpaired) electrons. The highest BCUT2D eigenvalue weighted by Gasteiger charge is 2.28. The number of rotatable bonds is 2. The van der Waals surface area contributed by atoms with E-state index in [9.17, 15) is 14.7 Å². The molecule has 0 saturated carbocycles. The van der Waals surface area contributed by atoms with E-state index in [1.54, 1.807) is 0 Å². The van der Waals surface area contributed by atoms with E-state index >= 15 is 0 Å². The molecule has 1 unspecified atom stereocenters. The van der Waals surface area contributed by atoms with Gasteiger partial charge in [0, 0.05) is 20.3 Å². The number of carbonyl (C=O) groups excluding carboxylic acids is 2. The Balaban J connectivity index is 2.80. The van der Waals surface area contributed by atoms with Gasteiger partial charge in [-0.3, -0.25) is 9.59 Å². The van der Waals surface area contributed by atoms with Crippen molar-refractivity contribution >= 4 is 11.9 Å². The maximum Gasteiger partial charge on any atom is 0.307 e. The largest absolute Gasteiger partial charge is 0.509 e. The maximum absolute atomic E-state index is 10.8. The summed E-state index contributed by atoms with van der Waals surface area (Å²) in [6.07, 6.45) is 1.07. The third kappa shape index (κ3) is 3.27. The highest BCUT2D eigenvalue weighted by molar-refractivity contribution is 5.68. The minimum atomic E-state index is -0.639. The summed E-state index contributed by atoms with van der Waals surface area (Å²) >= 11 is 0. The summed E-state index contributed by atoms with van der Waals surface area (Å²) in [5, 5.41) is 9.51. The average Bonchev–Trinajstić information content (AvgIpc) is 2.09. The molecule has 84 valence electrons. The molecular weight excluding hydrogens is 200 g/mol. The van der Waals surface area contributed by atoms with Gasteiger partial charge in [0.15, 0.2) is 11.9 Å². The molecule has 0 saturated heterocycles. The Kier molecular flexibility index (Phi) is 3.71. The van der Waals surface area contributed by atoms with Gasteiger partial charge in [0.25, 0.3) is 0 Å². The van der Waals surface area contributed by atoms with Crippen molar-refractivity contribution in [1.29, 1.82) is 0 Å². The Morgan fingerprint density at radius 1 is 1.33 bits per heavy atom. The summed E-state index contributed by atoms with van der Waals surface area (Å²) in [5.41, 5.74) is 0. The predicted octanol–water partition coefficient (Wildman–Crippen LogP) is 1.43. The molecule has 5 nitrogen and oxygen atoms in total. The highest BCUT2D eigenvalue weighted by atomic mass is 16.6. The lowest BCUT2D eigenvalue weighted by atomic mass is 10.0. The molecule has 0 fully saturated rings. The second-order valence-electron chi connectivity index (χ2n) is 3.39. The zero-order valence-corrected chi connectivity index (χ0v) is 8.78. The van der Waals surface area contributed by atoms with Crippen LogP contribution in [0.15, 0.2) is 11.5 Å². The van der Waals surface area contributed by atoms with E-state index in [2.05, 4.69) is 0 Å². The smallest absolute Gasteiger partial charge is 0.307 e. The van der Waals surface area contributed by atoms with Crippen molar-refractivity contribution in [2.24, 2.45) is 0 Å². The third-order valence-electron chi connectivity index (χ3n) is 2.02. The van der Waals surface area contributed by atoms with Crippen LogP contribution in [0.5, 0.6) is 0 Å². The second-order valence-corrected chi connectivity index (χ2v) is 3.39. The maximum atomic E-state index is 10.8. The van der Waals surface area contributed by atoms with Gasteiger partial charge in [-0.05, 0) is 12.8 Å². The zero-order chi connectivity index (χ0) is 11.4. The second kappa shape index (κ2) is 4.82. The number of esters is 2. The summed E-state index contributed by atoms with van der Waals surface area (Å²) < 4.78 is 9.77. The van der Waals surface area contributed by atoms with E-state index < -0.39 is 18.0 Å².